The number of esters is 1. The fourth-order valence-electron chi connectivity index (χ4n) is 3.49. The Morgan fingerprint density at radius 3 is 2.76 bits per heavy atom. The number of rotatable bonds is 5. The molecule has 0 spiro atoms. The molecule has 25 heavy (non-hydrogen) atoms. The number of hydrogen-bond donors (Lipinski definition) is 1. The Labute approximate surface area is 148 Å². The molecular weight excluding hydrogens is 320 g/mol. The summed E-state index contributed by atoms with van der Waals surface area (Å²) in [6.45, 7) is 2.31. The van der Waals surface area contributed by atoms with Gasteiger partial charge in [0.15, 0.2) is 0 Å². The van der Waals surface area contributed by atoms with Crippen LogP contribution >= 0.6 is 0 Å². The quantitative estimate of drug-likeness (QED) is 0.830. The van der Waals surface area contributed by atoms with Gasteiger partial charge >= 0.3 is 5.97 Å². The van der Waals surface area contributed by atoms with Crippen molar-refractivity contribution in [2.45, 2.75) is 44.2 Å². The fraction of sp³-hybridized carbons (Fsp3) is 0.579. The minimum absolute atomic E-state index is 0.115. The van der Waals surface area contributed by atoms with Gasteiger partial charge < -0.3 is 19.7 Å². The minimum Gasteiger partial charge on any atom is -0.465 e. The van der Waals surface area contributed by atoms with Crippen molar-refractivity contribution in [3.63, 3.8) is 0 Å². The Balaban J connectivity index is 1.47. The number of carbonyl (C=O) groups is 2. The van der Waals surface area contributed by atoms with Gasteiger partial charge in [0, 0.05) is 31.4 Å². The van der Waals surface area contributed by atoms with Gasteiger partial charge in [0.05, 0.1) is 25.2 Å². The number of carbonyl (C=O) groups excluding carboxylic acids is 2. The van der Waals surface area contributed by atoms with Crippen LogP contribution in [-0.2, 0) is 14.3 Å². The van der Waals surface area contributed by atoms with E-state index in [0.717, 1.165) is 51.1 Å². The second-order valence-corrected chi connectivity index (χ2v) is 6.71. The number of amides is 1. The van der Waals surface area contributed by atoms with Gasteiger partial charge in [-0.3, -0.25) is 4.79 Å². The van der Waals surface area contributed by atoms with Crippen molar-refractivity contribution in [3.05, 3.63) is 29.8 Å². The molecule has 0 aliphatic carbocycles. The molecule has 0 aromatic heterocycles. The summed E-state index contributed by atoms with van der Waals surface area (Å²) in [5.74, 6) is -0.128. The number of benzene rings is 1. The van der Waals surface area contributed by atoms with E-state index in [4.69, 9.17) is 9.47 Å². The molecule has 1 N–H and O–H groups in total. The molecule has 6 nitrogen and oxygen atoms in total. The van der Waals surface area contributed by atoms with Crippen LogP contribution in [0.4, 0.5) is 5.69 Å². The summed E-state index contributed by atoms with van der Waals surface area (Å²) >= 11 is 0. The maximum atomic E-state index is 12.3. The van der Waals surface area contributed by atoms with Crippen LogP contribution in [0.3, 0.4) is 0 Å². The second-order valence-electron chi connectivity index (χ2n) is 6.71. The zero-order chi connectivity index (χ0) is 17.6. The molecule has 0 radical (unpaired) electrons. The number of ether oxygens (including phenoxy) is 2. The van der Waals surface area contributed by atoms with Crippen LogP contribution in [0.1, 0.15) is 42.5 Å². The van der Waals surface area contributed by atoms with Gasteiger partial charge in [-0.2, -0.15) is 0 Å². The van der Waals surface area contributed by atoms with Gasteiger partial charge in [-0.1, -0.05) is 6.07 Å². The zero-order valence-electron chi connectivity index (χ0n) is 14.7. The van der Waals surface area contributed by atoms with Crippen molar-refractivity contribution in [2.75, 3.05) is 32.1 Å². The Kier molecular flexibility index (Phi) is 5.91. The highest BCUT2D eigenvalue weighted by atomic mass is 16.5. The molecule has 1 aromatic carbocycles. The molecule has 1 aromatic rings. The molecule has 2 heterocycles. The normalized spacial score (nSPS) is 21.2. The van der Waals surface area contributed by atoms with E-state index in [2.05, 4.69) is 5.32 Å². The van der Waals surface area contributed by atoms with Crippen LogP contribution in [0, 0.1) is 0 Å². The number of nitrogens with zero attached hydrogens (tertiary/aromatic N) is 1. The molecule has 1 amide bonds. The van der Waals surface area contributed by atoms with Gasteiger partial charge in [0.1, 0.15) is 0 Å². The molecule has 2 fully saturated rings. The van der Waals surface area contributed by atoms with E-state index in [-0.39, 0.29) is 18.0 Å². The molecular formula is C19H26N2O4. The molecule has 2 aliphatic rings. The van der Waals surface area contributed by atoms with Crippen molar-refractivity contribution in [3.8, 4) is 0 Å². The Hall–Kier alpha value is -2.08. The van der Waals surface area contributed by atoms with Gasteiger partial charge in [-0.05, 0) is 43.9 Å². The van der Waals surface area contributed by atoms with E-state index in [1.54, 1.807) is 12.1 Å². The van der Waals surface area contributed by atoms with Crippen LogP contribution in [0.5, 0.6) is 0 Å². The largest absolute Gasteiger partial charge is 0.465 e. The van der Waals surface area contributed by atoms with E-state index in [1.807, 2.05) is 17.0 Å². The summed E-state index contributed by atoms with van der Waals surface area (Å²) < 4.78 is 10.3. The van der Waals surface area contributed by atoms with E-state index < -0.39 is 0 Å². The molecule has 0 saturated carbocycles. The third kappa shape index (κ3) is 4.72. The van der Waals surface area contributed by atoms with E-state index in [1.165, 1.54) is 7.11 Å². The number of anilines is 1. The van der Waals surface area contributed by atoms with Crippen molar-refractivity contribution >= 4 is 17.6 Å². The van der Waals surface area contributed by atoms with Crippen LogP contribution in [0.25, 0.3) is 0 Å². The lowest BCUT2D eigenvalue weighted by Gasteiger charge is -2.33. The number of nitrogens with one attached hydrogen (secondary N) is 1. The monoisotopic (exact) mass is 346 g/mol. The summed E-state index contributed by atoms with van der Waals surface area (Å²) in [7, 11) is 1.38. The average molecular weight is 346 g/mol. The first kappa shape index (κ1) is 17.7. The van der Waals surface area contributed by atoms with Crippen LogP contribution in [0.15, 0.2) is 24.3 Å². The highest BCUT2D eigenvalue weighted by Gasteiger charge is 2.26. The highest BCUT2D eigenvalue weighted by Crippen LogP contribution is 2.21. The third-order valence-corrected chi connectivity index (χ3v) is 4.93. The molecule has 136 valence electrons. The molecule has 6 heteroatoms. The third-order valence-electron chi connectivity index (χ3n) is 4.93. The smallest absolute Gasteiger partial charge is 0.337 e. The summed E-state index contributed by atoms with van der Waals surface area (Å²) in [5, 5.41) is 3.46. The van der Waals surface area contributed by atoms with Gasteiger partial charge in [-0.25, -0.2) is 4.79 Å². The zero-order valence-corrected chi connectivity index (χ0v) is 14.7. The maximum absolute atomic E-state index is 12.3. The van der Waals surface area contributed by atoms with Gasteiger partial charge in [-0.15, -0.1) is 0 Å². The first-order valence-electron chi connectivity index (χ1n) is 9.00. The molecule has 0 unspecified atom stereocenters. The standard InChI is InChI=1S/C19H26N2O4/c1-24-19(23)14-4-2-5-16(12-14)20-15-7-9-21(10-8-15)18(22)13-17-6-3-11-25-17/h2,4-5,12,15,17,20H,3,6-11,13H2,1H3/t17-/m0/s1. The van der Waals surface area contributed by atoms with Crippen LogP contribution in [0.2, 0.25) is 0 Å². The van der Waals surface area contributed by atoms with Gasteiger partial charge in [0.2, 0.25) is 5.91 Å². The summed E-state index contributed by atoms with van der Waals surface area (Å²) in [6, 6.07) is 7.64. The first-order chi connectivity index (χ1) is 12.2. The molecule has 2 aliphatic heterocycles. The first-order valence-corrected chi connectivity index (χ1v) is 9.00. The predicted molar refractivity (Wildman–Crippen MR) is 94.6 cm³/mol. The number of piperidine rings is 1. The lowest BCUT2D eigenvalue weighted by Crippen LogP contribution is -2.43. The average Bonchev–Trinajstić information content (AvgIpc) is 3.15. The Bertz CT molecular complexity index is 605. The van der Waals surface area contributed by atoms with Crippen LogP contribution < -0.4 is 5.32 Å². The molecule has 1 atom stereocenters. The van der Waals surface area contributed by atoms with Crippen LogP contribution in [-0.4, -0.2) is 55.7 Å². The maximum Gasteiger partial charge on any atom is 0.337 e. The number of hydrogen-bond acceptors (Lipinski definition) is 5. The SMILES string of the molecule is COC(=O)c1cccc(NC2CCN(C(=O)C[C@@H]3CCCO3)CC2)c1. The lowest BCUT2D eigenvalue weighted by molar-refractivity contribution is -0.134. The summed E-state index contributed by atoms with van der Waals surface area (Å²) in [5.41, 5.74) is 1.45. The fourth-order valence-corrected chi connectivity index (χ4v) is 3.49. The summed E-state index contributed by atoms with van der Waals surface area (Å²) in [4.78, 5) is 25.9. The van der Waals surface area contributed by atoms with Crippen molar-refractivity contribution in [2.24, 2.45) is 0 Å². The number of likely N-dealkylation sites (tertiary alicyclic amines) is 1. The Morgan fingerprint density at radius 1 is 1.28 bits per heavy atom. The van der Waals surface area contributed by atoms with Crippen molar-refractivity contribution in [1.82, 2.24) is 4.90 Å². The van der Waals surface area contributed by atoms with E-state index in [0.29, 0.717) is 18.0 Å². The predicted octanol–water partition coefficient (Wildman–Crippen LogP) is 2.45. The lowest BCUT2D eigenvalue weighted by atomic mass is 10.0. The van der Waals surface area contributed by atoms with E-state index in [9.17, 15) is 9.59 Å². The minimum atomic E-state index is -0.335. The highest BCUT2D eigenvalue weighted by molar-refractivity contribution is 5.90. The van der Waals surface area contributed by atoms with Crippen molar-refractivity contribution in [1.29, 1.82) is 0 Å². The number of methoxy groups -OCH3 is 1. The molecule has 2 saturated heterocycles. The topological polar surface area (TPSA) is 67.9 Å². The summed E-state index contributed by atoms with van der Waals surface area (Å²) in [6.07, 6.45) is 4.50. The molecule has 3 rings (SSSR count). The van der Waals surface area contributed by atoms with E-state index >= 15 is 0 Å². The Morgan fingerprint density at radius 2 is 2.08 bits per heavy atom. The van der Waals surface area contributed by atoms with Gasteiger partial charge in [0.25, 0.3) is 0 Å². The van der Waals surface area contributed by atoms with Crippen molar-refractivity contribution < 1.29 is 19.1 Å². The second kappa shape index (κ2) is 8.34. The molecule has 0 bridgehead atoms.